The summed E-state index contributed by atoms with van der Waals surface area (Å²) < 4.78 is 0. The lowest BCUT2D eigenvalue weighted by Gasteiger charge is -2.28. The molecule has 0 aromatic carbocycles. The number of rotatable bonds is 6. The summed E-state index contributed by atoms with van der Waals surface area (Å²) in [4.78, 5) is 4.09. The summed E-state index contributed by atoms with van der Waals surface area (Å²) in [7, 11) is 0. The highest BCUT2D eigenvalue weighted by molar-refractivity contribution is 7.99. The van der Waals surface area contributed by atoms with Gasteiger partial charge in [0.1, 0.15) is 6.33 Å². The fourth-order valence-corrected chi connectivity index (χ4v) is 3.11. The van der Waals surface area contributed by atoms with Crippen molar-refractivity contribution in [1.82, 2.24) is 15.2 Å². The Morgan fingerprint density at radius 2 is 2.21 bits per heavy atom. The van der Waals surface area contributed by atoms with E-state index in [1.807, 2.05) is 0 Å². The van der Waals surface area contributed by atoms with Gasteiger partial charge in [0.05, 0.1) is 0 Å². The zero-order valence-corrected chi connectivity index (χ0v) is 10.4. The maximum absolute atomic E-state index is 4.43. The average Bonchev–Trinajstić information content (AvgIpc) is 2.74. The molecule has 0 amide bonds. The Kier molecular flexibility index (Phi) is 4.81. The first-order chi connectivity index (χ1) is 6.76. The lowest BCUT2D eigenvalue weighted by Crippen LogP contribution is -2.24. The molecule has 0 fully saturated rings. The Balaban J connectivity index is 2.48. The molecule has 1 aromatic rings. The molecule has 1 N–H and O–H groups in total. The van der Waals surface area contributed by atoms with Gasteiger partial charge in [0.25, 0.3) is 0 Å². The first kappa shape index (κ1) is 11.9. The van der Waals surface area contributed by atoms with Crippen LogP contribution in [0.2, 0.25) is 0 Å². The summed E-state index contributed by atoms with van der Waals surface area (Å²) in [6, 6.07) is 0. The minimum atomic E-state index is 0.334. The van der Waals surface area contributed by atoms with Crippen molar-refractivity contribution in [3.05, 3.63) is 6.33 Å². The molecule has 0 spiro atoms. The van der Waals surface area contributed by atoms with E-state index < -0.39 is 0 Å². The van der Waals surface area contributed by atoms with Gasteiger partial charge >= 0.3 is 0 Å². The number of nitrogens with one attached hydrogen (secondary N) is 1. The van der Waals surface area contributed by atoms with E-state index in [2.05, 4.69) is 41.7 Å². The van der Waals surface area contributed by atoms with Crippen molar-refractivity contribution >= 4 is 24.4 Å². The highest BCUT2D eigenvalue weighted by Gasteiger charge is 2.24. The molecule has 1 rings (SSSR count). The van der Waals surface area contributed by atoms with Crippen molar-refractivity contribution in [2.45, 2.75) is 31.8 Å². The maximum Gasteiger partial charge on any atom is 0.183 e. The van der Waals surface area contributed by atoms with Crippen LogP contribution in [0.3, 0.4) is 0 Å². The fraction of sp³-hybridized carbons (Fsp3) is 0.778. The van der Waals surface area contributed by atoms with E-state index in [1.54, 1.807) is 18.1 Å². The summed E-state index contributed by atoms with van der Waals surface area (Å²) in [6.07, 6.45) is 3.87. The second kappa shape index (κ2) is 5.66. The van der Waals surface area contributed by atoms with Crippen molar-refractivity contribution in [2.75, 3.05) is 11.5 Å². The minimum Gasteiger partial charge on any atom is -0.254 e. The van der Waals surface area contributed by atoms with Gasteiger partial charge in [0.2, 0.25) is 0 Å². The van der Waals surface area contributed by atoms with Gasteiger partial charge in [0.15, 0.2) is 5.16 Å². The molecule has 1 heterocycles. The lowest BCUT2D eigenvalue weighted by molar-refractivity contribution is 0.357. The third-order valence-corrected chi connectivity index (χ3v) is 4.64. The van der Waals surface area contributed by atoms with Gasteiger partial charge in [0, 0.05) is 5.75 Å². The van der Waals surface area contributed by atoms with E-state index in [0.29, 0.717) is 5.41 Å². The molecule has 0 atom stereocenters. The number of nitrogens with zero attached hydrogens (tertiary/aromatic N) is 2. The molecule has 0 aliphatic heterocycles. The molecule has 80 valence electrons. The monoisotopic (exact) mass is 231 g/mol. The Morgan fingerprint density at radius 3 is 2.64 bits per heavy atom. The van der Waals surface area contributed by atoms with E-state index >= 15 is 0 Å². The highest BCUT2D eigenvalue weighted by Crippen LogP contribution is 2.33. The van der Waals surface area contributed by atoms with E-state index in [0.717, 1.165) is 29.5 Å². The van der Waals surface area contributed by atoms with Gasteiger partial charge in [-0.25, -0.2) is 4.98 Å². The van der Waals surface area contributed by atoms with Crippen molar-refractivity contribution in [2.24, 2.45) is 5.41 Å². The predicted octanol–water partition coefficient (Wildman–Crippen LogP) is 2.63. The van der Waals surface area contributed by atoms with Crippen LogP contribution in [0.15, 0.2) is 11.5 Å². The van der Waals surface area contributed by atoms with E-state index in [-0.39, 0.29) is 0 Å². The zero-order chi connectivity index (χ0) is 10.4. The molecule has 0 saturated heterocycles. The molecule has 0 bridgehead atoms. The largest absolute Gasteiger partial charge is 0.254 e. The first-order valence-electron chi connectivity index (χ1n) is 4.85. The van der Waals surface area contributed by atoms with Crippen LogP contribution in [-0.4, -0.2) is 26.7 Å². The summed E-state index contributed by atoms with van der Waals surface area (Å²) in [5.74, 6) is 1.99. The number of aromatic amines is 1. The fourth-order valence-electron chi connectivity index (χ4n) is 1.21. The molecule has 1 aromatic heterocycles. The maximum atomic E-state index is 4.43. The summed E-state index contributed by atoms with van der Waals surface area (Å²) >= 11 is 6.16. The summed E-state index contributed by atoms with van der Waals surface area (Å²) in [5.41, 5.74) is 0.334. The molecule has 5 heteroatoms. The molecule has 3 nitrogen and oxygen atoms in total. The van der Waals surface area contributed by atoms with Gasteiger partial charge in [-0.2, -0.15) is 17.7 Å². The molecule has 0 aliphatic rings. The van der Waals surface area contributed by atoms with Gasteiger partial charge in [-0.1, -0.05) is 25.6 Å². The van der Waals surface area contributed by atoms with Crippen molar-refractivity contribution < 1.29 is 0 Å². The molecule has 14 heavy (non-hydrogen) atoms. The van der Waals surface area contributed by atoms with Gasteiger partial charge in [-0.3, -0.25) is 5.10 Å². The number of hydrogen-bond donors (Lipinski definition) is 2. The van der Waals surface area contributed by atoms with Crippen LogP contribution in [0.25, 0.3) is 0 Å². The van der Waals surface area contributed by atoms with E-state index in [9.17, 15) is 0 Å². The van der Waals surface area contributed by atoms with Crippen molar-refractivity contribution in [3.8, 4) is 0 Å². The summed E-state index contributed by atoms with van der Waals surface area (Å²) in [5, 5.41) is 7.58. The quantitative estimate of drug-likeness (QED) is 0.584. The van der Waals surface area contributed by atoms with E-state index in [4.69, 9.17) is 0 Å². The molecular formula is C9H17N3S2. The van der Waals surface area contributed by atoms with Gasteiger partial charge in [-0.15, -0.1) is 0 Å². The van der Waals surface area contributed by atoms with Crippen molar-refractivity contribution in [3.63, 3.8) is 0 Å². The van der Waals surface area contributed by atoms with Crippen LogP contribution in [0.1, 0.15) is 26.7 Å². The highest BCUT2D eigenvalue weighted by atomic mass is 32.2. The lowest BCUT2D eigenvalue weighted by atomic mass is 9.87. The number of H-pyrrole nitrogens is 1. The average molecular weight is 231 g/mol. The topological polar surface area (TPSA) is 41.6 Å². The number of thioether (sulfide) groups is 1. The third-order valence-electron chi connectivity index (χ3n) is 2.74. The zero-order valence-electron chi connectivity index (χ0n) is 8.66. The molecule has 0 aliphatic carbocycles. The number of thiol groups is 1. The Labute approximate surface area is 94.9 Å². The third kappa shape index (κ3) is 2.92. The number of aromatic nitrogens is 3. The van der Waals surface area contributed by atoms with Gasteiger partial charge < -0.3 is 0 Å². The van der Waals surface area contributed by atoms with Crippen LogP contribution in [0, 0.1) is 5.41 Å². The minimum absolute atomic E-state index is 0.334. The number of hydrogen-bond acceptors (Lipinski definition) is 4. The Bertz CT molecular complexity index is 236. The molecule has 0 unspecified atom stereocenters. The van der Waals surface area contributed by atoms with Crippen LogP contribution < -0.4 is 0 Å². The second-order valence-corrected chi connectivity index (χ2v) is 4.72. The van der Waals surface area contributed by atoms with Gasteiger partial charge in [-0.05, 0) is 24.0 Å². The van der Waals surface area contributed by atoms with Crippen LogP contribution in [-0.2, 0) is 0 Å². The SMILES string of the molecule is CCC(CC)(CS)CSc1ncn[nH]1. The Morgan fingerprint density at radius 1 is 1.50 bits per heavy atom. The van der Waals surface area contributed by atoms with Crippen LogP contribution in [0.5, 0.6) is 0 Å². The van der Waals surface area contributed by atoms with Crippen LogP contribution >= 0.6 is 24.4 Å². The van der Waals surface area contributed by atoms with E-state index in [1.165, 1.54) is 0 Å². The Hall–Kier alpha value is -0.160. The first-order valence-corrected chi connectivity index (χ1v) is 6.47. The molecule has 0 saturated carbocycles. The normalized spacial score (nSPS) is 11.9. The predicted molar refractivity (Wildman–Crippen MR) is 64.0 cm³/mol. The standard InChI is InChI=1S/C9H17N3S2/c1-3-9(4-2,5-13)6-14-8-10-7-11-12-8/h7,13H,3-6H2,1-2H3,(H,10,11,12). The molecular weight excluding hydrogens is 214 g/mol. The van der Waals surface area contributed by atoms with Crippen molar-refractivity contribution in [1.29, 1.82) is 0 Å². The smallest absolute Gasteiger partial charge is 0.183 e. The summed E-state index contributed by atoms with van der Waals surface area (Å²) in [6.45, 7) is 4.45. The second-order valence-electron chi connectivity index (χ2n) is 3.44. The van der Waals surface area contributed by atoms with Crippen LogP contribution in [0.4, 0.5) is 0 Å². The molecule has 0 radical (unpaired) electrons.